The first-order valence-electron chi connectivity index (χ1n) is 6.82. The van der Waals surface area contributed by atoms with Crippen LogP contribution in [0, 0.1) is 17.8 Å². The highest BCUT2D eigenvalue weighted by atomic mass is 32.2. The van der Waals surface area contributed by atoms with Crippen molar-refractivity contribution >= 4 is 17.7 Å². The van der Waals surface area contributed by atoms with E-state index in [0.717, 1.165) is 12.8 Å². The molecule has 2 aliphatic carbocycles. The van der Waals surface area contributed by atoms with Crippen molar-refractivity contribution in [2.75, 3.05) is 11.5 Å². The van der Waals surface area contributed by atoms with Gasteiger partial charge in [-0.15, -0.1) is 0 Å². The van der Waals surface area contributed by atoms with Crippen LogP contribution in [-0.2, 0) is 4.79 Å². The Morgan fingerprint density at radius 1 is 1.24 bits per heavy atom. The molecule has 4 heteroatoms. The van der Waals surface area contributed by atoms with E-state index in [4.69, 9.17) is 0 Å². The topological polar surface area (TPSA) is 49.3 Å². The summed E-state index contributed by atoms with van der Waals surface area (Å²) in [6, 6.07) is 0.815. The number of aliphatic carboxylic acids is 1. The van der Waals surface area contributed by atoms with Crippen LogP contribution in [0.5, 0.6) is 0 Å². The van der Waals surface area contributed by atoms with Gasteiger partial charge in [-0.05, 0) is 49.7 Å². The molecule has 1 aliphatic heterocycles. The van der Waals surface area contributed by atoms with E-state index in [1.165, 1.54) is 30.8 Å². The lowest BCUT2D eigenvalue weighted by Crippen LogP contribution is -2.50. The van der Waals surface area contributed by atoms with Crippen LogP contribution in [0.15, 0.2) is 0 Å². The van der Waals surface area contributed by atoms with Crippen molar-refractivity contribution in [1.29, 1.82) is 0 Å². The van der Waals surface area contributed by atoms with Crippen molar-refractivity contribution in [3.05, 3.63) is 0 Å². The summed E-state index contributed by atoms with van der Waals surface area (Å²) in [5, 5.41) is 13.1. The third kappa shape index (κ3) is 2.22. The molecule has 5 unspecified atom stereocenters. The van der Waals surface area contributed by atoms with Gasteiger partial charge in [0.15, 0.2) is 0 Å². The van der Waals surface area contributed by atoms with E-state index < -0.39 is 5.97 Å². The summed E-state index contributed by atoms with van der Waals surface area (Å²) in [6.07, 6.45) is 6.04. The molecule has 1 heterocycles. The van der Waals surface area contributed by atoms with Gasteiger partial charge in [0, 0.05) is 17.8 Å². The Labute approximate surface area is 107 Å². The van der Waals surface area contributed by atoms with Crippen LogP contribution in [0.2, 0.25) is 0 Å². The number of hydrogen-bond donors (Lipinski definition) is 2. The second-order valence-electron chi connectivity index (χ2n) is 5.80. The molecular formula is C13H21NO2S. The summed E-state index contributed by atoms with van der Waals surface area (Å²) < 4.78 is 0. The lowest BCUT2D eigenvalue weighted by atomic mass is 9.84. The Balaban J connectivity index is 1.66. The van der Waals surface area contributed by atoms with Crippen molar-refractivity contribution in [2.24, 2.45) is 17.8 Å². The van der Waals surface area contributed by atoms with Crippen molar-refractivity contribution in [1.82, 2.24) is 5.32 Å². The maximum absolute atomic E-state index is 11.4. The molecule has 0 aromatic rings. The van der Waals surface area contributed by atoms with Gasteiger partial charge >= 0.3 is 5.97 Å². The molecule has 5 atom stereocenters. The number of nitrogens with one attached hydrogen (secondary N) is 1. The fourth-order valence-electron chi connectivity index (χ4n) is 4.03. The van der Waals surface area contributed by atoms with Gasteiger partial charge in [0.1, 0.15) is 0 Å². The molecule has 3 rings (SSSR count). The monoisotopic (exact) mass is 255 g/mol. The van der Waals surface area contributed by atoms with E-state index >= 15 is 0 Å². The maximum Gasteiger partial charge on any atom is 0.308 e. The number of thioether (sulfide) groups is 1. The van der Waals surface area contributed by atoms with Gasteiger partial charge in [-0.3, -0.25) is 4.79 Å². The van der Waals surface area contributed by atoms with Gasteiger partial charge in [-0.1, -0.05) is 0 Å². The first-order valence-corrected chi connectivity index (χ1v) is 7.98. The lowest BCUT2D eigenvalue weighted by Gasteiger charge is -2.34. The molecular weight excluding hydrogens is 234 g/mol. The standard InChI is InChI=1S/C13H21NO2S/c15-13(16)11-8-3-4-9(6-8)12(11)14-10-2-1-5-17-7-10/h8-12,14H,1-7H2,(H,15,16). The third-order valence-corrected chi connectivity index (χ3v) is 6.01. The van der Waals surface area contributed by atoms with Crippen LogP contribution in [0.4, 0.5) is 0 Å². The minimum absolute atomic E-state index is 0.110. The van der Waals surface area contributed by atoms with Crippen molar-refractivity contribution < 1.29 is 9.90 Å². The number of hydrogen-bond acceptors (Lipinski definition) is 3. The van der Waals surface area contributed by atoms with Crippen LogP contribution in [0.3, 0.4) is 0 Å². The molecule has 0 radical (unpaired) electrons. The summed E-state index contributed by atoms with van der Waals surface area (Å²) >= 11 is 2.01. The number of carboxylic acids is 1. The Kier molecular flexibility index (Phi) is 3.35. The molecule has 2 N–H and O–H groups in total. The molecule has 0 aromatic carbocycles. The minimum atomic E-state index is -0.571. The van der Waals surface area contributed by atoms with E-state index in [-0.39, 0.29) is 12.0 Å². The quantitative estimate of drug-likeness (QED) is 0.809. The van der Waals surface area contributed by atoms with Crippen LogP contribution in [0.25, 0.3) is 0 Å². The fraction of sp³-hybridized carbons (Fsp3) is 0.923. The highest BCUT2D eigenvalue weighted by molar-refractivity contribution is 7.99. The van der Waals surface area contributed by atoms with Crippen LogP contribution >= 0.6 is 11.8 Å². The predicted octanol–water partition coefficient (Wildman–Crippen LogP) is 1.97. The number of carboxylic acid groups (broad SMARTS) is 1. The SMILES string of the molecule is O=C(O)C1C2CCC(C2)C1NC1CCCSC1. The average Bonchev–Trinajstić information content (AvgIpc) is 2.90. The zero-order chi connectivity index (χ0) is 11.8. The first kappa shape index (κ1) is 11.8. The molecule has 3 fully saturated rings. The van der Waals surface area contributed by atoms with Gasteiger partial charge in [0.25, 0.3) is 0 Å². The second-order valence-corrected chi connectivity index (χ2v) is 6.95. The second kappa shape index (κ2) is 4.81. The minimum Gasteiger partial charge on any atom is -0.481 e. The van der Waals surface area contributed by atoms with E-state index in [1.54, 1.807) is 0 Å². The zero-order valence-electron chi connectivity index (χ0n) is 10.1. The van der Waals surface area contributed by atoms with E-state index in [2.05, 4.69) is 5.32 Å². The number of rotatable bonds is 3. The molecule has 2 bridgehead atoms. The van der Waals surface area contributed by atoms with Gasteiger partial charge in [0.2, 0.25) is 0 Å². The van der Waals surface area contributed by atoms with Crippen molar-refractivity contribution in [3.8, 4) is 0 Å². The zero-order valence-corrected chi connectivity index (χ0v) is 10.9. The van der Waals surface area contributed by atoms with Crippen molar-refractivity contribution in [2.45, 2.75) is 44.2 Å². The van der Waals surface area contributed by atoms with Gasteiger partial charge in [-0.25, -0.2) is 0 Å². The molecule has 3 aliphatic rings. The summed E-state index contributed by atoms with van der Waals surface area (Å²) in [7, 11) is 0. The summed E-state index contributed by atoms with van der Waals surface area (Å²) in [4.78, 5) is 11.4. The first-order chi connectivity index (χ1) is 8.25. The summed E-state index contributed by atoms with van der Waals surface area (Å²) in [5.74, 6) is 2.84. The summed E-state index contributed by atoms with van der Waals surface area (Å²) in [6.45, 7) is 0. The Morgan fingerprint density at radius 3 is 2.76 bits per heavy atom. The largest absolute Gasteiger partial charge is 0.481 e. The Hall–Kier alpha value is -0.220. The Bertz CT molecular complexity index is 304. The van der Waals surface area contributed by atoms with Crippen LogP contribution in [-0.4, -0.2) is 34.7 Å². The van der Waals surface area contributed by atoms with Gasteiger partial charge in [0.05, 0.1) is 5.92 Å². The van der Waals surface area contributed by atoms with E-state index in [0.29, 0.717) is 17.9 Å². The lowest BCUT2D eigenvalue weighted by molar-refractivity contribution is -0.144. The molecule has 96 valence electrons. The molecule has 1 saturated heterocycles. The van der Waals surface area contributed by atoms with Crippen LogP contribution in [0.1, 0.15) is 32.1 Å². The summed E-state index contributed by atoms with van der Waals surface area (Å²) in [5.41, 5.74) is 0. The fourth-order valence-corrected chi connectivity index (χ4v) is 5.12. The average molecular weight is 255 g/mol. The van der Waals surface area contributed by atoms with Crippen LogP contribution < -0.4 is 5.32 Å². The maximum atomic E-state index is 11.4. The molecule has 3 nitrogen and oxygen atoms in total. The van der Waals surface area contributed by atoms with E-state index in [1.807, 2.05) is 11.8 Å². The molecule has 0 spiro atoms. The highest BCUT2D eigenvalue weighted by Gasteiger charge is 2.51. The van der Waals surface area contributed by atoms with Gasteiger partial charge < -0.3 is 10.4 Å². The number of carbonyl (C=O) groups is 1. The molecule has 0 amide bonds. The Morgan fingerprint density at radius 2 is 2.06 bits per heavy atom. The normalized spacial score (nSPS) is 45.1. The predicted molar refractivity (Wildman–Crippen MR) is 69.2 cm³/mol. The van der Waals surface area contributed by atoms with Crippen molar-refractivity contribution in [3.63, 3.8) is 0 Å². The molecule has 17 heavy (non-hydrogen) atoms. The van der Waals surface area contributed by atoms with Gasteiger partial charge in [-0.2, -0.15) is 11.8 Å². The third-order valence-electron chi connectivity index (χ3n) is 4.79. The molecule has 0 aromatic heterocycles. The highest BCUT2D eigenvalue weighted by Crippen LogP contribution is 2.48. The molecule has 2 saturated carbocycles. The smallest absolute Gasteiger partial charge is 0.308 e. The van der Waals surface area contributed by atoms with E-state index in [9.17, 15) is 9.90 Å². The number of fused-ring (bicyclic) bond motifs is 2.